The molecule has 0 unspecified atom stereocenters. The predicted octanol–water partition coefficient (Wildman–Crippen LogP) is -3.47. The first-order valence-corrected chi connectivity index (χ1v) is 8.49. The average Bonchev–Trinajstić information content (AvgIpc) is 3.04. The van der Waals surface area contributed by atoms with E-state index in [0.717, 1.165) is 0 Å². The standard InChI is InChI=1S/2C6H8O6.H2O4S/c2*7-1-2(8)5-3(9)4(10)6(11)12-5;1-5(2,3)4/h2*2,5,7-10H,1H2;(H2,1,2,3,4)/t2*2-,5+;/m00./s1. The van der Waals surface area contributed by atoms with Gasteiger partial charge in [0.2, 0.25) is 11.5 Å². The molecule has 0 saturated carbocycles. The van der Waals surface area contributed by atoms with E-state index in [1.165, 1.54) is 0 Å². The molecule has 4 atom stereocenters. The molecule has 29 heavy (non-hydrogen) atoms. The zero-order valence-corrected chi connectivity index (χ0v) is 14.9. The summed E-state index contributed by atoms with van der Waals surface area (Å²) in [6, 6.07) is 0. The molecule has 0 bridgehead atoms. The molecule has 0 amide bonds. The summed E-state index contributed by atoms with van der Waals surface area (Å²) in [6.07, 6.45) is -5.55. The normalized spacial score (nSPS) is 23.4. The Kier molecular flexibility index (Phi) is 9.77. The highest BCUT2D eigenvalue weighted by Gasteiger charge is 2.39. The Bertz CT molecular complexity index is 709. The lowest BCUT2D eigenvalue weighted by Crippen LogP contribution is -2.31. The van der Waals surface area contributed by atoms with Crippen LogP contribution in [0.1, 0.15) is 0 Å². The number of esters is 2. The zero-order chi connectivity index (χ0) is 23.1. The van der Waals surface area contributed by atoms with Crippen molar-refractivity contribution in [2.45, 2.75) is 24.4 Å². The fourth-order valence-electron chi connectivity index (χ4n) is 1.65. The Morgan fingerprint density at radius 3 is 1.14 bits per heavy atom. The Balaban J connectivity index is 0.000000442. The van der Waals surface area contributed by atoms with E-state index in [2.05, 4.69) is 9.47 Å². The van der Waals surface area contributed by atoms with Gasteiger partial charge in [0.05, 0.1) is 13.2 Å². The summed E-state index contributed by atoms with van der Waals surface area (Å²) < 4.78 is 40.2. The molecular formula is C12H18O16S. The van der Waals surface area contributed by atoms with Gasteiger partial charge in [-0.25, -0.2) is 9.59 Å². The highest BCUT2D eigenvalue weighted by Crippen LogP contribution is 2.21. The topological polar surface area (TPSA) is 289 Å². The second-order valence-corrected chi connectivity index (χ2v) is 5.96. The summed E-state index contributed by atoms with van der Waals surface area (Å²) in [5, 5.41) is 70.1. The lowest BCUT2D eigenvalue weighted by molar-refractivity contribution is -0.148. The predicted molar refractivity (Wildman–Crippen MR) is 84.7 cm³/mol. The Morgan fingerprint density at radius 2 is 1.00 bits per heavy atom. The lowest BCUT2D eigenvalue weighted by atomic mass is 10.2. The van der Waals surface area contributed by atoms with Crippen molar-refractivity contribution in [1.29, 1.82) is 0 Å². The number of carbonyl (C=O) groups excluding carboxylic acids is 2. The van der Waals surface area contributed by atoms with Crippen LogP contribution in [-0.2, 0) is 29.5 Å². The summed E-state index contributed by atoms with van der Waals surface area (Å²) in [4.78, 5) is 21.1. The Labute approximate surface area is 161 Å². The molecule has 0 aromatic carbocycles. The molecule has 0 spiro atoms. The van der Waals surface area contributed by atoms with Gasteiger partial charge in [0, 0.05) is 0 Å². The van der Waals surface area contributed by atoms with E-state index in [4.69, 9.17) is 58.4 Å². The molecule has 2 rings (SSSR count). The molecule has 2 aliphatic heterocycles. The van der Waals surface area contributed by atoms with Gasteiger partial charge >= 0.3 is 22.3 Å². The van der Waals surface area contributed by atoms with Crippen molar-refractivity contribution in [3.8, 4) is 0 Å². The number of cyclic esters (lactones) is 2. The number of hydrogen-bond acceptors (Lipinski definition) is 14. The summed E-state index contributed by atoms with van der Waals surface area (Å²) in [5.74, 6) is -5.56. The minimum atomic E-state index is -4.67. The van der Waals surface area contributed by atoms with Crippen molar-refractivity contribution in [3.05, 3.63) is 23.0 Å². The first-order valence-electron chi connectivity index (χ1n) is 7.09. The minimum Gasteiger partial charge on any atom is -0.505 e. The van der Waals surface area contributed by atoms with Crippen molar-refractivity contribution in [2.24, 2.45) is 0 Å². The first-order chi connectivity index (χ1) is 13.1. The molecule has 2 heterocycles. The van der Waals surface area contributed by atoms with Gasteiger partial charge in [-0.15, -0.1) is 0 Å². The van der Waals surface area contributed by atoms with E-state index in [1.807, 2.05) is 0 Å². The van der Waals surface area contributed by atoms with E-state index < -0.39 is 83.0 Å². The summed E-state index contributed by atoms with van der Waals surface area (Å²) in [6.45, 7) is -1.34. The third-order valence-corrected chi connectivity index (χ3v) is 2.95. The average molecular weight is 450 g/mol. The Morgan fingerprint density at radius 1 is 0.759 bits per heavy atom. The second-order valence-electron chi connectivity index (χ2n) is 5.07. The van der Waals surface area contributed by atoms with Gasteiger partial charge in [-0.05, 0) is 0 Å². The number of ether oxygens (including phenoxy) is 2. The number of rotatable bonds is 4. The fraction of sp³-hybridized carbons (Fsp3) is 0.500. The van der Waals surface area contributed by atoms with Gasteiger partial charge in [0.1, 0.15) is 12.2 Å². The van der Waals surface area contributed by atoms with Gasteiger partial charge in [0.25, 0.3) is 0 Å². The van der Waals surface area contributed by atoms with E-state index in [1.54, 1.807) is 0 Å². The van der Waals surface area contributed by atoms with E-state index >= 15 is 0 Å². The third kappa shape index (κ3) is 8.07. The Hall–Kier alpha value is -2.67. The monoisotopic (exact) mass is 450 g/mol. The first kappa shape index (κ1) is 26.3. The van der Waals surface area contributed by atoms with Gasteiger partial charge in [-0.2, -0.15) is 8.42 Å². The van der Waals surface area contributed by atoms with Crippen LogP contribution in [-0.4, -0.2) is 108 Å². The van der Waals surface area contributed by atoms with Crippen molar-refractivity contribution in [2.75, 3.05) is 13.2 Å². The number of aliphatic hydroxyl groups excluding tert-OH is 8. The fourth-order valence-corrected chi connectivity index (χ4v) is 1.65. The molecule has 10 N–H and O–H groups in total. The van der Waals surface area contributed by atoms with E-state index in [9.17, 15) is 9.59 Å². The summed E-state index contributed by atoms with van der Waals surface area (Å²) in [7, 11) is -4.67. The molecule has 0 saturated heterocycles. The van der Waals surface area contributed by atoms with E-state index in [0.29, 0.717) is 0 Å². The van der Waals surface area contributed by atoms with Crippen LogP contribution in [0.4, 0.5) is 0 Å². The number of carbonyl (C=O) groups is 2. The molecule has 2 aliphatic rings. The molecule has 0 radical (unpaired) electrons. The van der Waals surface area contributed by atoms with Crippen molar-refractivity contribution >= 4 is 22.3 Å². The molecular weight excluding hydrogens is 432 g/mol. The SMILES string of the molecule is O=C1O[C@H]([C@@H](O)CO)C(O)=C1O.O=C1O[C@H]([C@@H](O)CO)C(O)=C1O.O=S(=O)(O)O. The highest BCUT2D eigenvalue weighted by molar-refractivity contribution is 7.79. The summed E-state index contributed by atoms with van der Waals surface area (Å²) >= 11 is 0. The maximum Gasteiger partial charge on any atom is 0.394 e. The molecule has 0 aromatic heterocycles. The minimum absolute atomic E-state index is 0.671. The maximum absolute atomic E-state index is 10.5. The van der Waals surface area contributed by atoms with Gasteiger partial charge in [-0.1, -0.05) is 0 Å². The van der Waals surface area contributed by atoms with Crippen LogP contribution in [0.5, 0.6) is 0 Å². The largest absolute Gasteiger partial charge is 0.505 e. The molecule has 0 aromatic rings. The van der Waals surface area contributed by atoms with Crippen molar-refractivity contribution in [1.82, 2.24) is 0 Å². The maximum atomic E-state index is 10.5. The van der Waals surface area contributed by atoms with Gasteiger partial charge in [0.15, 0.2) is 23.7 Å². The number of hydrogen-bond donors (Lipinski definition) is 10. The smallest absolute Gasteiger partial charge is 0.394 e. The van der Waals surface area contributed by atoms with Gasteiger partial charge < -0.3 is 50.3 Å². The van der Waals surface area contributed by atoms with Crippen LogP contribution in [0.15, 0.2) is 23.0 Å². The molecule has 17 heteroatoms. The highest BCUT2D eigenvalue weighted by atomic mass is 32.3. The summed E-state index contributed by atoms with van der Waals surface area (Å²) in [5.41, 5.74) is 0. The quantitative estimate of drug-likeness (QED) is 0.147. The van der Waals surface area contributed by atoms with Gasteiger partial charge in [-0.3, -0.25) is 9.11 Å². The van der Waals surface area contributed by atoms with Crippen molar-refractivity contribution in [3.63, 3.8) is 0 Å². The van der Waals surface area contributed by atoms with Crippen LogP contribution in [0, 0.1) is 0 Å². The lowest BCUT2D eigenvalue weighted by Gasteiger charge is -2.13. The van der Waals surface area contributed by atoms with Crippen LogP contribution in [0.25, 0.3) is 0 Å². The molecule has 168 valence electrons. The second kappa shape index (κ2) is 10.8. The van der Waals surface area contributed by atoms with Crippen molar-refractivity contribution < 1.29 is 77.4 Å². The van der Waals surface area contributed by atoms with E-state index in [-0.39, 0.29) is 0 Å². The van der Waals surface area contributed by atoms with Crippen LogP contribution >= 0.6 is 0 Å². The molecule has 16 nitrogen and oxygen atoms in total. The third-order valence-electron chi connectivity index (χ3n) is 2.95. The van der Waals surface area contributed by atoms with Crippen LogP contribution in [0.3, 0.4) is 0 Å². The van der Waals surface area contributed by atoms with Crippen LogP contribution < -0.4 is 0 Å². The van der Waals surface area contributed by atoms with Crippen LogP contribution in [0.2, 0.25) is 0 Å². The molecule has 0 fully saturated rings. The number of aliphatic hydroxyl groups is 8. The zero-order valence-electron chi connectivity index (χ0n) is 14.1. The molecule has 0 aliphatic carbocycles.